The van der Waals surface area contributed by atoms with E-state index >= 15 is 0 Å². The van der Waals surface area contributed by atoms with Gasteiger partial charge < -0.3 is 0 Å². The first-order valence-corrected chi connectivity index (χ1v) is 7.79. The molecule has 0 spiro atoms. The number of benzene rings is 2. The molecule has 0 aliphatic heterocycles. The standard InChI is InChI=1S/C17H20S/c1-13(2)15-9-6-7-11-17(15)16-10-5-4-8-14(16)12-18-3/h4-11,13H,12H2,1-3H3. The molecule has 2 aromatic carbocycles. The van der Waals surface area contributed by atoms with Crippen LogP contribution in [0.4, 0.5) is 0 Å². The Bertz CT molecular complexity index is 515. The number of thioether (sulfide) groups is 1. The number of hydrogen-bond donors (Lipinski definition) is 0. The van der Waals surface area contributed by atoms with Crippen molar-refractivity contribution in [1.82, 2.24) is 0 Å². The lowest BCUT2D eigenvalue weighted by molar-refractivity contribution is 0.869. The van der Waals surface area contributed by atoms with Crippen LogP contribution in [0, 0.1) is 0 Å². The van der Waals surface area contributed by atoms with E-state index in [4.69, 9.17) is 0 Å². The highest BCUT2D eigenvalue weighted by Gasteiger charge is 2.10. The van der Waals surface area contributed by atoms with Gasteiger partial charge in [-0.25, -0.2) is 0 Å². The summed E-state index contributed by atoms with van der Waals surface area (Å²) in [6.45, 7) is 4.52. The fourth-order valence-electron chi connectivity index (χ4n) is 2.31. The molecule has 0 saturated heterocycles. The predicted molar refractivity (Wildman–Crippen MR) is 83.2 cm³/mol. The monoisotopic (exact) mass is 256 g/mol. The molecule has 94 valence electrons. The topological polar surface area (TPSA) is 0 Å². The van der Waals surface area contributed by atoms with Crippen molar-refractivity contribution >= 4 is 11.8 Å². The van der Waals surface area contributed by atoms with Crippen molar-refractivity contribution in [3.63, 3.8) is 0 Å². The van der Waals surface area contributed by atoms with Gasteiger partial charge in [-0.15, -0.1) is 0 Å². The van der Waals surface area contributed by atoms with Crippen LogP contribution < -0.4 is 0 Å². The molecule has 0 amide bonds. The smallest absolute Gasteiger partial charge is 0.0187 e. The third-order valence-electron chi connectivity index (χ3n) is 3.19. The van der Waals surface area contributed by atoms with Crippen LogP contribution in [0.3, 0.4) is 0 Å². The van der Waals surface area contributed by atoms with Crippen LogP contribution in [0.2, 0.25) is 0 Å². The van der Waals surface area contributed by atoms with E-state index in [2.05, 4.69) is 68.6 Å². The summed E-state index contributed by atoms with van der Waals surface area (Å²) in [5.41, 5.74) is 5.64. The van der Waals surface area contributed by atoms with Gasteiger partial charge in [-0.05, 0) is 34.4 Å². The molecule has 18 heavy (non-hydrogen) atoms. The fraction of sp³-hybridized carbons (Fsp3) is 0.294. The molecular formula is C17H20S. The Kier molecular flexibility index (Phi) is 4.48. The van der Waals surface area contributed by atoms with Crippen molar-refractivity contribution in [2.75, 3.05) is 6.26 Å². The minimum atomic E-state index is 0.559. The van der Waals surface area contributed by atoms with Crippen LogP contribution in [0.15, 0.2) is 48.5 Å². The zero-order valence-corrected chi connectivity index (χ0v) is 12.1. The summed E-state index contributed by atoms with van der Waals surface area (Å²) in [6, 6.07) is 17.5. The molecular weight excluding hydrogens is 236 g/mol. The minimum Gasteiger partial charge on any atom is -0.161 e. The van der Waals surface area contributed by atoms with E-state index in [0.29, 0.717) is 5.92 Å². The molecule has 0 heterocycles. The van der Waals surface area contributed by atoms with Gasteiger partial charge >= 0.3 is 0 Å². The largest absolute Gasteiger partial charge is 0.161 e. The highest BCUT2D eigenvalue weighted by Crippen LogP contribution is 2.32. The zero-order chi connectivity index (χ0) is 13.0. The van der Waals surface area contributed by atoms with Gasteiger partial charge in [0.25, 0.3) is 0 Å². The molecule has 0 unspecified atom stereocenters. The van der Waals surface area contributed by atoms with E-state index in [1.54, 1.807) is 0 Å². The molecule has 0 saturated carbocycles. The SMILES string of the molecule is CSCc1ccccc1-c1ccccc1C(C)C. The summed E-state index contributed by atoms with van der Waals surface area (Å²) in [6.07, 6.45) is 2.16. The van der Waals surface area contributed by atoms with Gasteiger partial charge in [0.1, 0.15) is 0 Å². The van der Waals surface area contributed by atoms with Crippen LogP contribution in [-0.2, 0) is 5.75 Å². The Morgan fingerprint density at radius 1 is 0.889 bits per heavy atom. The second-order valence-corrected chi connectivity index (χ2v) is 5.70. The van der Waals surface area contributed by atoms with Crippen LogP contribution >= 0.6 is 11.8 Å². The molecule has 2 rings (SSSR count). The van der Waals surface area contributed by atoms with Crippen molar-refractivity contribution in [1.29, 1.82) is 0 Å². The quantitative estimate of drug-likeness (QED) is 0.711. The summed E-state index contributed by atoms with van der Waals surface area (Å²) in [4.78, 5) is 0. The molecule has 0 nitrogen and oxygen atoms in total. The lowest BCUT2D eigenvalue weighted by Crippen LogP contribution is -1.94. The van der Waals surface area contributed by atoms with Crippen molar-refractivity contribution in [2.45, 2.75) is 25.5 Å². The predicted octanol–water partition coefficient (Wildman–Crippen LogP) is 5.34. The lowest BCUT2D eigenvalue weighted by Gasteiger charge is -2.15. The van der Waals surface area contributed by atoms with E-state index in [0.717, 1.165) is 5.75 Å². The average molecular weight is 256 g/mol. The second kappa shape index (κ2) is 6.10. The third kappa shape index (κ3) is 2.78. The summed E-state index contributed by atoms with van der Waals surface area (Å²) in [7, 11) is 0. The van der Waals surface area contributed by atoms with E-state index in [-0.39, 0.29) is 0 Å². The number of hydrogen-bond acceptors (Lipinski definition) is 1. The van der Waals surface area contributed by atoms with Gasteiger partial charge in [0.15, 0.2) is 0 Å². The summed E-state index contributed by atoms with van der Waals surface area (Å²) < 4.78 is 0. The van der Waals surface area contributed by atoms with Gasteiger partial charge in [0.2, 0.25) is 0 Å². The van der Waals surface area contributed by atoms with Crippen LogP contribution in [0.25, 0.3) is 11.1 Å². The first-order chi connectivity index (χ1) is 8.74. The summed E-state index contributed by atoms with van der Waals surface area (Å²) >= 11 is 1.88. The van der Waals surface area contributed by atoms with Gasteiger partial charge in [0.05, 0.1) is 0 Å². The van der Waals surface area contributed by atoms with E-state index in [1.807, 2.05) is 11.8 Å². The molecule has 0 radical (unpaired) electrons. The second-order valence-electron chi connectivity index (χ2n) is 4.83. The molecule has 0 aromatic heterocycles. The highest BCUT2D eigenvalue weighted by molar-refractivity contribution is 7.97. The summed E-state index contributed by atoms with van der Waals surface area (Å²) in [5, 5.41) is 0. The first kappa shape index (κ1) is 13.2. The molecule has 0 bridgehead atoms. The first-order valence-electron chi connectivity index (χ1n) is 6.40. The Balaban J connectivity index is 2.55. The number of rotatable bonds is 4. The van der Waals surface area contributed by atoms with Crippen LogP contribution in [-0.4, -0.2) is 6.26 Å². The lowest BCUT2D eigenvalue weighted by atomic mass is 9.91. The van der Waals surface area contributed by atoms with Crippen LogP contribution in [0.1, 0.15) is 30.9 Å². The fourth-order valence-corrected chi connectivity index (χ4v) is 2.87. The van der Waals surface area contributed by atoms with Gasteiger partial charge in [-0.2, -0.15) is 11.8 Å². The van der Waals surface area contributed by atoms with Crippen molar-refractivity contribution in [3.8, 4) is 11.1 Å². The zero-order valence-electron chi connectivity index (χ0n) is 11.3. The highest BCUT2D eigenvalue weighted by atomic mass is 32.2. The Labute approximate surface area is 114 Å². The van der Waals surface area contributed by atoms with Gasteiger partial charge in [-0.3, -0.25) is 0 Å². The third-order valence-corrected chi connectivity index (χ3v) is 3.79. The molecule has 1 heteroatoms. The van der Waals surface area contributed by atoms with E-state index < -0.39 is 0 Å². The summed E-state index contributed by atoms with van der Waals surface area (Å²) in [5.74, 6) is 1.63. The minimum absolute atomic E-state index is 0.559. The molecule has 0 aliphatic rings. The Hall–Kier alpha value is -1.21. The molecule has 0 atom stereocenters. The molecule has 0 N–H and O–H groups in total. The molecule has 2 aromatic rings. The molecule has 0 aliphatic carbocycles. The maximum absolute atomic E-state index is 2.26. The van der Waals surface area contributed by atoms with E-state index in [1.165, 1.54) is 22.3 Å². The maximum Gasteiger partial charge on any atom is 0.0187 e. The van der Waals surface area contributed by atoms with E-state index in [9.17, 15) is 0 Å². The molecule has 0 fully saturated rings. The van der Waals surface area contributed by atoms with Gasteiger partial charge in [0, 0.05) is 5.75 Å². The van der Waals surface area contributed by atoms with Crippen molar-refractivity contribution < 1.29 is 0 Å². The van der Waals surface area contributed by atoms with Crippen LogP contribution in [0.5, 0.6) is 0 Å². The Morgan fingerprint density at radius 2 is 1.50 bits per heavy atom. The normalized spacial score (nSPS) is 10.9. The van der Waals surface area contributed by atoms with Crippen molar-refractivity contribution in [2.24, 2.45) is 0 Å². The van der Waals surface area contributed by atoms with Gasteiger partial charge in [-0.1, -0.05) is 62.4 Å². The Morgan fingerprint density at radius 3 is 2.17 bits per heavy atom. The maximum atomic E-state index is 2.26. The van der Waals surface area contributed by atoms with Crippen molar-refractivity contribution in [3.05, 3.63) is 59.7 Å². The average Bonchev–Trinajstić information content (AvgIpc) is 2.40.